The summed E-state index contributed by atoms with van der Waals surface area (Å²) < 4.78 is 7.06. The van der Waals surface area contributed by atoms with Crippen LogP contribution in [0.15, 0.2) is 53.3 Å². The second kappa shape index (κ2) is 8.53. The van der Waals surface area contributed by atoms with Crippen LogP contribution in [0.2, 0.25) is 0 Å². The molecule has 31 heavy (non-hydrogen) atoms. The minimum Gasteiger partial charge on any atom is -0.496 e. The van der Waals surface area contributed by atoms with Gasteiger partial charge in [0, 0.05) is 10.9 Å². The van der Waals surface area contributed by atoms with Gasteiger partial charge in [-0.05, 0) is 38.8 Å². The van der Waals surface area contributed by atoms with E-state index in [0.29, 0.717) is 11.1 Å². The predicted octanol–water partition coefficient (Wildman–Crippen LogP) is 4.11. The highest BCUT2D eigenvalue weighted by Crippen LogP contribution is 2.42. The molecule has 1 N–H and O–H groups in total. The second-order valence-corrected chi connectivity index (χ2v) is 8.55. The van der Waals surface area contributed by atoms with Crippen LogP contribution in [0.3, 0.4) is 0 Å². The molecule has 0 saturated heterocycles. The predicted molar refractivity (Wildman–Crippen MR) is 121 cm³/mol. The molecule has 0 unspecified atom stereocenters. The second-order valence-electron chi connectivity index (χ2n) is 8.55. The van der Waals surface area contributed by atoms with Crippen molar-refractivity contribution in [2.75, 3.05) is 7.11 Å². The van der Waals surface area contributed by atoms with Crippen molar-refractivity contribution in [3.63, 3.8) is 0 Å². The van der Waals surface area contributed by atoms with Gasteiger partial charge in [-0.25, -0.2) is 4.68 Å². The first kappa shape index (κ1) is 21.1. The number of ether oxygens (including phenoxy) is 1. The molecular formula is C25H29N3O3. The van der Waals surface area contributed by atoms with Crippen molar-refractivity contribution in [3.8, 4) is 5.75 Å². The Balaban J connectivity index is 1.69. The SMILES string of the molecule is COc1ccccc1C1(NC(=O)Cc2nn(C(C)C)c(=O)c3ccccc23)CCCC1. The Bertz CT molecular complexity index is 1160. The first-order valence-corrected chi connectivity index (χ1v) is 10.9. The van der Waals surface area contributed by atoms with Crippen molar-refractivity contribution in [1.82, 2.24) is 15.1 Å². The van der Waals surface area contributed by atoms with Crippen LogP contribution in [0, 0.1) is 0 Å². The number of nitrogens with one attached hydrogen (secondary N) is 1. The molecule has 3 aromatic rings. The van der Waals surface area contributed by atoms with Crippen LogP contribution in [-0.4, -0.2) is 22.8 Å². The zero-order valence-corrected chi connectivity index (χ0v) is 18.4. The van der Waals surface area contributed by atoms with E-state index in [1.54, 1.807) is 13.2 Å². The summed E-state index contributed by atoms with van der Waals surface area (Å²) in [5, 5.41) is 9.20. The first-order chi connectivity index (χ1) is 14.9. The van der Waals surface area contributed by atoms with Gasteiger partial charge >= 0.3 is 0 Å². The van der Waals surface area contributed by atoms with Gasteiger partial charge in [-0.1, -0.05) is 49.2 Å². The van der Waals surface area contributed by atoms with E-state index >= 15 is 0 Å². The Labute approximate surface area is 182 Å². The van der Waals surface area contributed by atoms with Crippen molar-refractivity contribution in [1.29, 1.82) is 0 Å². The van der Waals surface area contributed by atoms with Gasteiger partial charge in [-0.3, -0.25) is 9.59 Å². The van der Waals surface area contributed by atoms with E-state index in [4.69, 9.17) is 4.74 Å². The number of fused-ring (bicyclic) bond motifs is 1. The number of benzene rings is 2. The molecule has 6 heteroatoms. The molecule has 0 bridgehead atoms. The Morgan fingerprint density at radius 1 is 1.10 bits per heavy atom. The maximum atomic E-state index is 13.3. The molecule has 0 spiro atoms. The van der Waals surface area contributed by atoms with Crippen LogP contribution in [-0.2, 0) is 16.8 Å². The lowest BCUT2D eigenvalue weighted by Gasteiger charge is -2.32. The van der Waals surface area contributed by atoms with Crippen molar-refractivity contribution in [2.45, 2.75) is 57.5 Å². The number of para-hydroxylation sites is 1. The molecule has 0 radical (unpaired) electrons. The summed E-state index contributed by atoms with van der Waals surface area (Å²) >= 11 is 0. The standard InChI is InChI=1S/C25H29N3O3/c1-17(2)28-24(30)19-11-5-4-10-18(19)21(27-28)16-23(29)26-25(14-8-9-15-25)20-12-6-7-13-22(20)31-3/h4-7,10-13,17H,8-9,14-16H2,1-3H3,(H,26,29). The number of amides is 1. The average molecular weight is 420 g/mol. The highest BCUT2D eigenvalue weighted by molar-refractivity contribution is 5.88. The number of methoxy groups -OCH3 is 1. The number of nitrogens with zero attached hydrogens (tertiary/aromatic N) is 2. The molecule has 1 aromatic heterocycles. The Morgan fingerprint density at radius 2 is 1.74 bits per heavy atom. The maximum absolute atomic E-state index is 13.3. The van der Waals surface area contributed by atoms with Gasteiger partial charge < -0.3 is 10.1 Å². The van der Waals surface area contributed by atoms with Crippen LogP contribution >= 0.6 is 0 Å². The zero-order valence-electron chi connectivity index (χ0n) is 18.4. The summed E-state index contributed by atoms with van der Waals surface area (Å²) in [6.07, 6.45) is 3.97. The topological polar surface area (TPSA) is 73.2 Å². The molecule has 1 saturated carbocycles. The average Bonchev–Trinajstić information content (AvgIpc) is 3.24. The van der Waals surface area contributed by atoms with Crippen molar-refractivity contribution >= 4 is 16.7 Å². The Morgan fingerprint density at radius 3 is 2.42 bits per heavy atom. The summed E-state index contributed by atoms with van der Waals surface area (Å²) in [7, 11) is 1.66. The van der Waals surface area contributed by atoms with Crippen LogP contribution in [0.5, 0.6) is 5.75 Å². The van der Waals surface area contributed by atoms with E-state index in [1.165, 1.54) is 4.68 Å². The molecule has 1 aliphatic rings. The van der Waals surface area contributed by atoms with Crippen molar-refractivity contribution in [2.24, 2.45) is 0 Å². The van der Waals surface area contributed by atoms with Crippen LogP contribution < -0.4 is 15.6 Å². The third-order valence-corrected chi connectivity index (χ3v) is 6.18. The van der Waals surface area contributed by atoms with Crippen molar-refractivity contribution in [3.05, 3.63) is 70.1 Å². The summed E-state index contributed by atoms with van der Waals surface area (Å²) in [5.41, 5.74) is 1.07. The fourth-order valence-corrected chi connectivity index (χ4v) is 4.70. The van der Waals surface area contributed by atoms with E-state index in [1.807, 2.05) is 56.3 Å². The smallest absolute Gasteiger partial charge is 0.274 e. The summed E-state index contributed by atoms with van der Waals surface area (Å²) in [5.74, 6) is 0.695. The van der Waals surface area contributed by atoms with Crippen LogP contribution in [0.4, 0.5) is 0 Å². The van der Waals surface area contributed by atoms with E-state index in [9.17, 15) is 9.59 Å². The summed E-state index contributed by atoms with van der Waals surface area (Å²) in [6.45, 7) is 3.84. The van der Waals surface area contributed by atoms with E-state index in [2.05, 4.69) is 10.4 Å². The van der Waals surface area contributed by atoms with Gasteiger partial charge in [0.1, 0.15) is 5.75 Å². The number of rotatable bonds is 6. The van der Waals surface area contributed by atoms with Crippen LogP contribution in [0.25, 0.3) is 10.8 Å². The molecule has 2 aromatic carbocycles. The Hall–Kier alpha value is -3.15. The number of aromatic nitrogens is 2. The minimum atomic E-state index is -0.439. The third kappa shape index (κ3) is 3.94. The van der Waals surface area contributed by atoms with Gasteiger partial charge in [0.05, 0.1) is 36.2 Å². The highest BCUT2D eigenvalue weighted by atomic mass is 16.5. The van der Waals surface area contributed by atoms with Crippen LogP contribution in [0.1, 0.15) is 56.8 Å². The molecule has 4 rings (SSSR count). The van der Waals surface area contributed by atoms with Crippen molar-refractivity contribution < 1.29 is 9.53 Å². The van der Waals surface area contributed by atoms with Gasteiger partial charge in [0.2, 0.25) is 5.91 Å². The summed E-state index contributed by atoms with van der Waals surface area (Å²) in [4.78, 5) is 26.1. The lowest BCUT2D eigenvalue weighted by Crippen LogP contribution is -2.45. The molecule has 0 aliphatic heterocycles. The third-order valence-electron chi connectivity index (χ3n) is 6.18. The normalized spacial score (nSPS) is 15.4. The fraction of sp³-hybridized carbons (Fsp3) is 0.400. The minimum absolute atomic E-state index is 0.0892. The number of carbonyl (C=O) groups excluding carboxylic acids is 1. The molecule has 6 nitrogen and oxygen atoms in total. The molecule has 1 heterocycles. The molecular weight excluding hydrogens is 390 g/mol. The monoisotopic (exact) mass is 419 g/mol. The number of hydrogen-bond donors (Lipinski definition) is 1. The quantitative estimate of drug-likeness (QED) is 0.652. The maximum Gasteiger partial charge on any atom is 0.274 e. The molecule has 162 valence electrons. The Kier molecular flexibility index (Phi) is 5.81. The number of hydrogen-bond acceptors (Lipinski definition) is 4. The van der Waals surface area contributed by atoms with Gasteiger partial charge in [0.15, 0.2) is 0 Å². The zero-order chi connectivity index (χ0) is 22.0. The first-order valence-electron chi connectivity index (χ1n) is 10.9. The van der Waals surface area contributed by atoms with Gasteiger partial charge in [-0.2, -0.15) is 5.10 Å². The highest BCUT2D eigenvalue weighted by Gasteiger charge is 2.39. The van der Waals surface area contributed by atoms with E-state index in [-0.39, 0.29) is 23.9 Å². The molecule has 1 fully saturated rings. The lowest BCUT2D eigenvalue weighted by molar-refractivity contribution is -0.122. The van der Waals surface area contributed by atoms with Gasteiger partial charge in [0.25, 0.3) is 5.56 Å². The molecule has 1 aliphatic carbocycles. The number of carbonyl (C=O) groups is 1. The summed E-state index contributed by atoms with van der Waals surface area (Å²) in [6, 6.07) is 15.2. The molecule has 0 atom stereocenters. The fourth-order valence-electron chi connectivity index (χ4n) is 4.70. The largest absolute Gasteiger partial charge is 0.496 e. The molecule has 1 amide bonds. The van der Waals surface area contributed by atoms with Gasteiger partial charge in [-0.15, -0.1) is 0 Å². The van der Waals surface area contributed by atoms with E-state index < -0.39 is 5.54 Å². The lowest BCUT2D eigenvalue weighted by atomic mass is 9.87. The van der Waals surface area contributed by atoms with E-state index in [0.717, 1.165) is 42.4 Å².